The lowest BCUT2D eigenvalue weighted by Crippen LogP contribution is -2.55. The molecule has 9 heteroatoms. The van der Waals surface area contributed by atoms with E-state index < -0.39 is 16.1 Å². The van der Waals surface area contributed by atoms with E-state index in [2.05, 4.69) is 9.62 Å². The first kappa shape index (κ1) is 27.0. The van der Waals surface area contributed by atoms with Crippen LogP contribution in [0.4, 0.5) is 5.69 Å². The smallest absolute Gasteiger partial charge is 0.241 e. The largest absolute Gasteiger partial charge is 0.496 e. The molecule has 4 rings (SSSR count). The molecule has 1 saturated heterocycles. The minimum absolute atomic E-state index is 0.0953. The number of hydrogen-bond acceptors (Lipinski definition) is 5. The molecule has 1 aliphatic rings. The second-order valence-electron chi connectivity index (χ2n) is 9.24. The number of methoxy groups -OCH3 is 1. The molecule has 0 unspecified atom stereocenters. The van der Waals surface area contributed by atoms with E-state index >= 15 is 0 Å². The van der Waals surface area contributed by atoms with Crippen molar-refractivity contribution in [3.05, 3.63) is 88.4 Å². The maximum Gasteiger partial charge on any atom is 0.241 e. The van der Waals surface area contributed by atoms with Crippen LogP contribution in [-0.2, 0) is 21.2 Å². The third-order valence-electron chi connectivity index (χ3n) is 6.66. The Morgan fingerprint density at radius 1 is 0.973 bits per heavy atom. The molecule has 1 aliphatic heterocycles. The first-order valence-electron chi connectivity index (χ1n) is 12.2. The standard InChI is InChI=1S/C28H32ClN3O4S/c1-20-9-10-23(29)19-26(20)31-13-15-32(16-14-31)28(33)25(18-22-7-5-4-6-8-22)30-37(34,35)24-11-12-27(36-3)21(2)17-24/h4-12,17,19,25,30H,13-16,18H2,1-3H3/t25-/m0/s1. The number of rotatable bonds is 8. The van der Waals surface area contributed by atoms with Crippen LogP contribution in [0.3, 0.4) is 0 Å². The summed E-state index contributed by atoms with van der Waals surface area (Å²) < 4.78 is 34.6. The van der Waals surface area contributed by atoms with Crippen LogP contribution in [0.1, 0.15) is 16.7 Å². The van der Waals surface area contributed by atoms with Gasteiger partial charge in [-0.1, -0.05) is 48.0 Å². The fourth-order valence-corrected chi connectivity index (χ4v) is 6.05. The van der Waals surface area contributed by atoms with Crippen LogP contribution >= 0.6 is 11.6 Å². The van der Waals surface area contributed by atoms with Crippen LogP contribution in [-0.4, -0.2) is 58.6 Å². The Labute approximate surface area is 224 Å². The SMILES string of the molecule is COc1ccc(S(=O)(=O)N[C@@H](Cc2ccccc2)C(=O)N2CCN(c3cc(Cl)ccc3C)CC2)cc1C. The van der Waals surface area contributed by atoms with E-state index in [0.717, 1.165) is 16.8 Å². The summed E-state index contributed by atoms with van der Waals surface area (Å²) in [5.41, 5.74) is 3.75. The van der Waals surface area contributed by atoms with Gasteiger partial charge in [-0.2, -0.15) is 4.72 Å². The van der Waals surface area contributed by atoms with Crippen molar-refractivity contribution in [3.63, 3.8) is 0 Å². The third-order valence-corrected chi connectivity index (χ3v) is 8.36. The lowest BCUT2D eigenvalue weighted by molar-refractivity contribution is -0.133. The van der Waals surface area contributed by atoms with Crippen molar-refractivity contribution in [1.29, 1.82) is 0 Å². The van der Waals surface area contributed by atoms with Crippen molar-refractivity contribution in [2.45, 2.75) is 31.2 Å². The lowest BCUT2D eigenvalue weighted by Gasteiger charge is -2.38. The number of nitrogens with one attached hydrogen (secondary N) is 1. The van der Waals surface area contributed by atoms with Gasteiger partial charge in [0.05, 0.1) is 12.0 Å². The highest BCUT2D eigenvalue weighted by Gasteiger charge is 2.32. The summed E-state index contributed by atoms with van der Waals surface area (Å²) in [6, 6.07) is 19.0. The van der Waals surface area contributed by atoms with Crippen molar-refractivity contribution in [2.75, 3.05) is 38.2 Å². The minimum Gasteiger partial charge on any atom is -0.496 e. The zero-order valence-electron chi connectivity index (χ0n) is 21.3. The summed E-state index contributed by atoms with van der Waals surface area (Å²) in [7, 11) is -2.41. The van der Waals surface area contributed by atoms with E-state index in [-0.39, 0.29) is 17.2 Å². The maximum absolute atomic E-state index is 13.7. The topological polar surface area (TPSA) is 78.9 Å². The summed E-state index contributed by atoms with van der Waals surface area (Å²) in [5.74, 6) is 0.365. The molecular weight excluding hydrogens is 510 g/mol. The molecule has 1 fully saturated rings. The molecule has 1 amide bonds. The van der Waals surface area contributed by atoms with Gasteiger partial charge in [-0.15, -0.1) is 0 Å². The average Bonchev–Trinajstić information content (AvgIpc) is 2.90. The highest BCUT2D eigenvalue weighted by molar-refractivity contribution is 7.89. The molecule has 1 N–H and O–H groups in total. The number of sulfonamides is 1. The highest BCUT2D eigenvalue weighted by atomic mass is 35.5. The van der Waals surface area contributed by atoms with Gasteiger partial charge in [0.15, 0.2) is 0 Å². The second kappa shape index (κ2) is 11.5. The molecule has 0 aliphatic carbocycles. The lowest BCUT2D eigenvalue weighted by atomic mass is 10.1. The summed E-state index contributed by atoms with van der Waals surface area (Å²) in [6.45, 7) is 6.06. The molecule has 0 aromatic heterocycles. The number of benzene rings is 3. The number of nitrogens with zero attached hydrogens (tertiary/aromatic N) is 2. The summed E-state index contributed by atoms with van der Waals surface area (Å²) >= 11 is 6.21. The Hall–Kier alpha value is -3.07. The molecule has 7 nitrogen and oxygen atoms in total. The number of amides is 1. The Bertz CT molecular complexity index is 1360. The Morgan fingerprint density at radius 3 is 2.32 bits per heavy atom. The molecule has 1 atom stereocenters. The Morgan fingerprint density at radius 2 is 1.68 bits per heavy atom. The first-order chi connectivity index (χ1) is 17.7. The molecule has 37 heavy (non-hydrogen) atoms. The number of carbonyl (C=O) groups excluding carboxylic acids is 1. The van der Waals surface area contributed by atoms with Gasteiger partial charge in [0.1, 0.15) is 11.8 Å². The molecule has 3 aromatic carbocycles. The van der Waals surface area contributed by atoms with Gasteiger partial charge in [-0.05, 0) is 67.3 Å². The summed E-state index contributed by atoms with van der Waals surface area (Å²) in [4.78, 5) is 17.7. The van der Waals surface area contributed by atoms with E-state index in [1.165, 1.54) is 13.2 Å². The number of halogens is 1. The monoisotopic (exact) mass is 541 g/mol. The quantitative estimate of drug-likeness (QED) is 0.462. The molecule has 196 valence electrons. The molecule has 0 saturated carbocycles. The van der Waals surface area contributed by atoms with Crippen molar-refractivity contribution in [1.82, 2.24) is 9.62 Å². The Balaban J connectivity index is 1.53. The van der Waals surface area contributed by atoms with Gasteiger partial charge in [0, 0.05) is 36.9 Å². The maximum atomic E-state index is 13.7. The van der Waals surface area contributed by atoms with Crippen LogP contribution in [0, 0.1) is 13.8 Å². The van der Waals surface area contributed by atoms with Gasteiger partial charge in [-0.25, -0.2) is 8.42 Å². The molecule has 0 radical (unpaired) electrons. The van der Waals surface area contributed by atoms with E-state index in [1.807, 2.05) is 55.5 Å². The zero-order valence-corrected chi connectivity index (χ0v) is 22.8. The van der Waals surface area contributed by atoms with Crippen LogP contribution in [0.25, 0.3) is 0 Å². The Kier molecular flexibility index (Phi) is 8.42. The number of hydrogen-bond donors (Lipinski definition) is 1. The molecule has 0 spiro atoms. The number of aryl methyl sites for hydroxylation is 2. The molecule has 1 heterocycles. The zero-order chi connectivity index (χ0) is 26.6. The predicted molar refractivity (Wildman–Crippen MR) is 147 cm³/mol. The second-order valence-corrected chi connectivity index (χ2v) is 11.4. The number of piperazine rings is 1. The third kappa shape index (κ3) is 6.44. The number of anilines is 1. The van der Waals surface area contributed by atoms with E-state index in [1.54, 1.807) is 24.0 Å². The minimum atomic E-state index is -3.95. The van der Waals surface area contributed by atoms with Crippen LogP contribution < -0.4 is 14.4 Å². The average molecular weight is 542 g/mol. The van der Waals surface area contributed by atoms with Crippen LogP contribution in [0.2, 0.25) is 5.02 Å². The first-order valence-corrected chi connectivity index (χ1v) is 14.0. The van der Waals surface area contributed by atoms with Crippen molar-refractivity contribution >= 4 is 33.2 Å². The van der Waals surface area contributed by atoms with Gasteiger partial charge in [0.2, 0.25) is 15.9 Å². The normalized spacial score (nSPS) is 14.9. The van der Waals surface area contributed by atoms with Crippen LogP contribution in [0.5, 0.6) is 5.75 Å². The van der Waals surface area contributed by atoms with E-state index in [9.17, 15) is 13.2 Å². The van der Waals surface area contributed by atoms with Crippen molar-refractivity contribution in [2.24, 2.45) is 0 Å². The van der Waals surface area contributed by atoms with Gasteiger partial charge in [0.25, 0.3) is 0 Å². The highest BCUT2D eigenvalue weighted by Crippen LogP contribution is 2.26. The number of ether oxygens (including phenoxy) is 1. The molecule has 0 bridgehead atoms. The van der Waals surface area contributed by atoms with Crippen molar-refractivity contribution in [3.8, 4) is 5.75 Å². The van der Waals surface area contributed by atoms with Gasteiger partial charge >= 0.3 is 0 Å². The van der Waals surface area contributed by atoms with E-state index in [0.29, 0.717) is 42.5 Å². The molecule has 3 aromatic rings. The van der Waals surface area contributed by atoms with E-state index in [4.69, 9.17) is 16.3 Å². The number of carbonyl (C=O) groups is 1. The summed E-state index contributed by atoms with van der Waals surface area (Å²) in [6.07, 6.45) is 0.252. The van der Waals surface area contributed by atoms with Crippen molar-refractivity contribution < 1.29 is 17.9 Å². The summed E-state index contributed by atoms with van der Waals surface area (Å²) in [5, 5.41) is 0.671. The molecular formula is C28H32ClN3O4S. The van der Waals surface area contributed by atoms with Crippen LogP contribution in [0.15, 0.2) is 71.6 Å². The predicted octanol–water partition coefficient (Wildman–Crippen LogP) is 4.20. The fraction of sp³-hybridized carbons (Fsp3) is 0.321. The fourth-order valence-electron chi connectivity index (χ4n) is 4.61. The van der Waals surface area contributed by atoms with Gasteiger partial charge < -0.3 is 14.5 Å². The van der Waals surface area contributed by atoms with Gasteiger partial charge in [-0.3, -0.25) is 4.79 Å².